The third kappa shape index (κ3) is 2.91. The Morgan fingerprint density at radius 3 is 2.70 bits per heavy atom. The van der Waals surface area contributed by atoms with Crippen LogP contribution in [-0.4, -0.2) is 28.0 Å². The standard InChI is InChI=1S/C14H19N3O3/c1-9(2)20-10(3)13-15-16-14(18)17(13)11-6-5-7-12(8-11)19-4/h5-10H,1-4H3,(H,16,18). The molecule has 2 rings (SSSR count). The Kier molecular flexibility index (Phi) is 4.24. The molecule has 0 aliphatic heterocycles. The molecule has 6 nitrogen and oxygen atoms in total. The van der Waals surface area contributed by atoms with E-state index in [1.165, 1.54) is 4.57 Å². The van der Waals surface area contributed by atoms with Crippen LogP contribution in [0.3, 0.4) is 0 Å². The number of rotatable bonds is 5. The predicted molar refractivity (Wildman–Crippen MR) is 75.4 cm³/mol. The van der Waals surface area contributed by atoms with Gasteiger partial charge in [0.05, 0.1) is 18.9 Å². The minimum atomic E-state index is -0.299. The van der Waals surface area contributed by atoms with Crippen LogP contribution in [-0.2, 0) is 4.74 Å². The number of aromatic amines is 1. The topological polar surface area (TPSA) is 69.1 Å². The Morgan fingerprint density at radius 1 is 1.30 bits per heavy atom. The number of benzene rings is 1. The maximum atomic E-state index is 12.0. The Balaban J connectivity index is 2.45. The summed E-state index contributed by atoms with van der Waals surface area (Å²) in [6.07, 6.45) is -0.240. The van der Waals surface area contributed by atoms with Gasteiger partial charge in [-0.2, -0.15) is 5.10 Å². The van der Waals surface area contributed by atoms with Crippen LogP contribution in [0, 0.1) is 0 Å². The molecule has 2 aromatic rings. The molecule has 1 N–H and O–H groups in total. The average Bonchev–Trinajstić information content (AvgIpc) is 2.80. The lowest BCUT2D eigenvalue weighted by Crippen LogP contribution is -2.19. The maximum absolute atomic E-state index is 12.0. The number of ether oxygens (including phenoxy) is 2. The van der Waals surface area contributed by atoms with Gasteiger partial charge in [-0.3, -0.25) is 0 Å². The zero-order chi connectivity index (χ0) is 14.7. The summed E-state index contributed by atoms with van der Waals surface area (Å²) in [7, 11) is 1.59. The smallest absolute Gasteiger partial charge is 0.348 e. The van der Waals surface area contributed by atoms with E-state index in [-0.39, 0.29) is 17.9 Å². The number of hydrogen-bond acceptors (Lipinski definition) is 4. The first-order valence-corrected chi connectivity index (χ1v) is 6.50. The summed E-state index contributed by atoms with van der Waals surface area (Å²) < 4.78 is 12.4. The van der Waals surface area contributed by atoms with Crippen molar-refractivity contribution in [3.8, 4) is 11.4 Å². The Bertz CT molecular complexity index is 631. The molecule has 1 aromatic carbocycles. The van der Waals surface area contributed by atoms with Crippen molar-refractivity contribution in [2.24, 2.45) is 0 Å². The number of aromatic nitrogens is 3. The van der Waals surface area contributed by atoms with Crippen molar-refractivity contribution in [1.29, 1.82) is 0 Å². The van der Waals surface area contributed by atoms with E-state index in [9.17, 15) is 4.79 Å². The SMILES string of the molecule is COc1cccc(-n2c(C(C)OC(C)C)n[nH]c2=O)c1. The second-order valence-electron chi connectivity index (χ2n) is 4.75. The molecule has 108 valence electrons. The minimum absolute atomic E-state index is 0.0514. The van der Waals surface area contributed by atoms with Gasteiger partial charge in [0.1, 0.15) is 11.9 Å². The van der Waals surface area contributed by atoms with Crippen molar-refractivity contribution in [2.75, 3.05) is 7.11 Å². The summed E-state index contributed by atoms with van der Waals surface area (Å²) in [5.74, 6) is 1.22. The Labute approximate surface area is 117 Å². The highest BCUT2D eigenvalue weighted by Crippen LogP contribution is 2.20. The average molecular weight is 277 g/mol. The van der Waals surface area contributed by atoms with E-state index in [4.69, 9.17) is 9.47 Å². The van der Waals surface area contributed by atoms with Crippen molar-refractivity contribution in [1.82, 2.24) is 14.8 Å². The van der Waals surface area contributed by atoms with Gasteiger partial charge in [0.15, 0.2) is 5.82 Å². The zero-order valence-corrected chi connectivity index (χ0v) is 12.1. The molecular weight excluding hydrogens is 258 g/mol. The van der Waals surface area contributed by atoms with Gasteiger partial charge in [-0.05, 0) is 32.9 Å². The van der Waals surface area contributed by atoms with E-state index < -0.39 is 0 Å². The quantitative estimate of drug-likeness (QED) is 0.908. The van der Waals surface area contributed by atoms with Gasteiger partial charge in [0.2, 0.25) is 0 Å². The number of H-pyrrole nitrogens is 1. The summed E-state index contributed by atoms with van der Waals surface area (Å²) >= 11 is 0. The second-order valence-corrected chi connectivity index (χ2v) is 4.75. The molecule has 1 heterocycles. The molecule has 0 fully saturated rings. The van der Waals surface area contributed by atoms with E-state index in [0.29, 0.717) is 17.3 Å². The van der Waals surface area contributed by atoms with E-state index in [0.717, 1.165) is 0 Å². The lowest BCUT2D eigenvalue weighted by Gasteiger charge is -2.16. The highest BCUT2D eigenvalue weighted by atomic mass is 16.5. The van der Waals surface area contributed by atoms with Gasteiger partial charge in [0, 0.05) is 6.07 Å². The highest BCUT2D eigenvalue weighted by Gasteiger charge is 2.18. The molecule has 0 bridgehead atoms. The largest absolute Gasteiger partial charge is 0.497 e. The molecule has 20 heavy (non-hydrogen) atoms. The molecule has 0 aliphatic carbocycles. The van der Waals surface area contributed by atoms with Gasteiger partial charge >= 0.3 is 5.69 Å². The van der Waals surface area contributed by atoms with Crippen LogP contribution in [0.1, 0.15) is 32.7 Å². The summed E-state index contributed by atoms with van der Waals surface area (Å²) in [5.41, 5.74) is 0.393. The summed E-state index contributed by atoms with van der Waals surface area (Å²) in [5, 5.41) is 6.52. The van der Waals surface area contributed by atoms with Crippen LogP contribution >= 0.6 is 0 Å². The molecule has 0 radical (unpaired) electrons. The number of hydrogen-bond donors (Lipinski definition) is 1. The van der Waals surface area contributed by atoms with E-state index in [1.54, 1.807) is 13.2 Å². The predicted octanol–water partition coefficient (Wildman–Crippen LogP) is 2.06. The van der Waals surface area contributed by atoms with Crippen molar-refractivity contribution in [3.63, 3.8) is 0 Å². The first-order valence-electron chi connectivity index (χ1n) is 6.50. The van der Waals surface area contributed by atoms with Gasteiger partial charge in [0.25, 0.3) is 0 Å². The van der Waals surface area contributed by atoms with Crippen LogP contribution in [0.25, 0.3) is 5.69 Å². The Hall–Kier alpha value is -2.08. The minimum Gasteiger partial charge on any atom is -0.497 e. The van der Waals surface area contributed by atoms with E-state index in [1.807, 2.05) is 39.0 Å². The van der Waals surface area contributed by atoms with Crippen LogP contribution in [0.4, 0.5) is 0 Å². The van der Waals surface area contributed by atoms with Crippen molar-refractivity contribution < 1.29 is 9.47 Å². The molecule has 0 spiro atoms. The third-order valence-electron chi connectivity index (χ3n) is 2.85. The van der Waals surface area contributed by atoms with E-state index in [2.05, 4.69) is 10.2 Å². The van der Waals surface area contributed by atoms with Crippen LogP contribution in [0.5, 0.6) is 5.75 Å². The molecule has 1 unspecified atom stereocenters. The van der Waals surface area contributed by atoms with Crippen molar-refractivity contribution >= 4 is 0 Å². The monoisotopic (exact) mass is 277 g/mol. The maximum Gasteiger partial charge on any atom is 0.348 e. The molecule has 0 amide bonds. The number of nitrogens with one attached hydrogen (secondary N) is 1. The molecule has 0 saturated heterocycles. The highest BCUT2D eigenvalue weighted by molar-refractivity contribution is 5.39. The number of methoxy groups -OCH3 is 1. The summed E-state index contributed by atoms with van der Waals surface area (Å²) in [6.45, 7) is 5.75. The van der Waals surface area contributed by atoms with Crippen LogP contribution in [0.15, 0.2) is 29.1 Å². The Morgan fingerprint density at radius 2 is 2.05 bits per heavy atom. The fourth-order valence-electron chi connectivity index (χ4n) is 2.05. The van der Waals surface area contributed by atoms with Gasteiger partial charge < -0.3 is 9.47 Å². The van der Waals surface area contributed by atoms with Crippen molar-refractivity contribution in [2.45, 2.75) is 33.0 Å². The lowest BCUT2D eigenvalue weighted by atomic mass is 10.2. The van der Waals surface area contributed by atoms with Gasteiger partial charge in [-0.15, -0.1) is 0 Å². The van der Waals surface area contributed by atoms with Crippen molar-refractivity contribution in [3.05, 3.63) is 40.6 Å². The number of nitrogens with zero attached hydrogens (tertiary/aromatic N) is 2. The van der Waals surface area contributed by atoms with Crippen LogP contribution in [0.2, 0.25) is 0 Å². The molecular formula is C14H19N3O3. The molecule has 1 aromatic heterocycles. The fraction of sp³-hybridized carbons (Fsp3) is 0.429. The fourth-order valence-corrected chi connectivity index (χ4v) is 2.05. The summed E-state index contributed by atoms with van der Waals surface area (Å²) in [4.78, 5) is 12.0. The first-order chi connectivity index (χ1) is 9.52. The van der Waals surface area contributed by atoms with Gasteiger partial charge in [-0.1, -0.05) is 6.07 Å². The normalized spacial score (nSPS) is 12.7. The second kappa shape index (κ2) is 5.92. The lowest BCUT2D eigenvalue weighted by molar-refractivity contribution is 0.0118. The summed E-state index contributed by atoms with van der Waals surface area (Å²) in [6, 6.07) is 7.25. The molecule has 0 aliphatic rings. The van der Waals surface area contributed by atoms with Crippen LogP contribution < -0.4 is 10.4 Å². The molecule has 6 heteroatoms. The zero-order valence-electron chi connectivity index (χ0n) is 12.1. The third-order valence-corrected chi connectivity index (χ3v) is 2.85. The molecule has 1 atom stereocenters. The van der Waals surface area contributed by atoms with E-state index >= 15 is 0 Å². The van der Waals surface area contributed by atoms with Gasteiger partial charge in [-0.25, -0.2) is 14.5 Å². The molecule has 0 saturated carbocycles. The first kappa shape index (κ1) is 14.3.